The number of halogens is 1. The molecule has 1 aliphatic heterocycles. The number of carbonyl (C=O) groups excluding carboxylic acids is 5. The second kappa shape index (κ2) is 15.1. The molecule has 0 aliphatic carbocycles. The third-order valence-electron chi connectivity index (χ3n) is 6.89. The highest BCUT2D eigenvalue weighted by Gasteiger charge is 2.31. The van der Waals surface area contributed by atoms with Crippen molar-refractivity contribution in [3.63, 3.8) is 0 Å². The highest BCUT2D eigenvalue weighted by molar-refractivity contribution is 5.97. The highest BCUT2D eigenvalue weighted by Crippen LogP contribution is 2.17. The predicted octanol–water partition coefficient (Wildman–Crippen LogP) is 1.98. The van der Waals surface area contributed by atoms with E-state index in [1.165, 1.54) is 18.2 Å². The quantitative estimate of drug-likeness (QED) is 0.252. The number of nitrogens with zero attached hydrogens (tertiary/aromatic N) is 1. The number of benzene rings is 1. The molecule has 1 aromatic heterocycles. The van der Waals surface area contributed by atoms with E-state index in [-0.39, 0.29) is 42.7 Å². The van der Waals surface area contributed by atoms with E-state index < -0.39 is 41.7 Å². The average Bonchev–Trinajstić information content (AvgIpc) is 3.38. The van der Waals surface area contributed by atoms with Crippen molar-refractivity contribution in [1.82, 2.24) is 26.4 Å². The molecule has 2 heterocycles. The maximum absolute atomic E-state index is 13.5. The minimum atomic E-state index is -1.06. The van der Waals surface area contributed by atoms with Gasteiger partial charge in [0, 0.05) is 18.5 Å². The molecular weight excluding hydrogens is 533 g/mol. The van der Waals surface area contributed by atoms with Crippen LogP contribution < -0.4 is 21.3 Å². The van der Waals surface area contributed by atoms with E-state index in [0.717, 1.165) is 12.0 Å². The van der Waals surface area contributed by atoms with E-state index in [0.29, 0.717) is 31.4 Å². The Labute approximate surface area is 238 Å². The number of aryl methyl sites for hydroxylation is 2. The predicted molar refractivity (Wildman–Crippen MR) is 147 cm³/mol. The zero-order chi connectivity index (χ0) is 29.9. The van der Waals surface area contributed by atoms with Crippen molar-refractivity contribution in [3.05, 3.63) is 53.2 Å². The number of rotatable bonds is 14. The Morgan fingerprint density at radius 1 is 1.12 bits per heavy atom. The number of nitrogens with one attached hydrogen (secondary N) is 4. The standard InChI is InChI=1S/C29H38FN5O6/c1-17(2)13-24(28(39)32-22(16-36)15-20-5-4-12-31-26(20)37)34-27(38)23(11-8-19-6-9-21(30)10-7-19)33-29(40)25-14-18(3)41-35-25/h6-7,9-10,14,16-17,20,22-24H,4-5,8,11-13,15H2,1-3H3,(H,31,37)(H,32,39)(H,33,40)(H,34,38)/t20-,22-,23-,24-/m0/s1. The summed E-state index contributed by atoms with van der Waals surface area (Å²) in [4.78, 5) is 63.5. The van der Waals surface area contributed by atoms with E-state index in [4.69, 9.17) is 4.52 Å². The van der Waals surface area contributed by atoms with Crippen LogP contribution in [0.5, 0.6) is 0 Å². The smallest absolute Gasteiger partial charge is 0.274 e. The number of aromatic nitrogens is 1. The lowest BCUT2D eigenvalue weighted by molar-refractivity contribution is -0.132. The second-order valence-electron chi connectivity index (χ2n) is 10.8. The Balaban J connectivity index is 1.72. The zero-order valence-corrected chi connectivity index (χ0v) is 23.6. The molecule has 4 N–H and O–H groups in total. The molecule has 0 spiro atoms. The maximum Gasteiger partial charge on any atom is 0.274 e. The molecule has 1 aromatic carbocycles. The third-order valence-corrected chi connectivity index (χ3v) is 6.89. The number of hydrogen-bond donors (Lipinski definition) is 4. The lowest BCUT2D eigenvalue weighted by atomic mass is 9.91. The monoisotopic (exact) mass is 571 g/mol. The van der Waals surface area contributed by atoms with Crippen molar-refractivity contribution in [1.29, 1.82) is 0 Å². The fourth-order valence-electron chi connectivity index (χ4n) is 4.71. The molecule has 1 saturated heterocycles. The van der Waals surface area contributed by atoms with Gasteiger partial charge in [-0.3, -0.25) is 19.2 Å². The van der Waals surface area contributed by atoms with Gasteiger partial charge in [-0.05, 0) is 69.1 Å². The summed E-state index contributed by atoms with van der Waals surface area (Å²) >= 11 is 0. The van der Waals surface area contributed by atoms with Crippen molar-refractivity contribution in [2.75, 3.05) is 6.54 Å². The van der Waals surface area contributed by atoms with Crippen LogP contribution in [0, 0.1) is 24.6 Å². The van der Waals surface area contributed by atoms with Crippen LogP contribution in [0.25, 0.3) is 0 Å². The molecule has 0 saturated carbocycles. The molecular formula is C29H38FN5O6. The molecule has 0 radical (unpaired) electrons. The number of piperidine rings is 1. The molecule has 4 atom stereocenters. The van der Waals surface area contributed by atoms with Gasteiger partial charge in [0.15, 0.2) is 5.69 Å². The lowest BCUT2D eigenvalue weighted by Crippen LogP contribution is -2.56. The van der Waals surface area contributed by atoms with Gasteiger partial charge in [0.1, 0.15) is 29.9 Å². The Bertz CT molecular complexity index is 1210. The number of aldehydes is 1. The van der Waals surface area contributed by atoms with Crippen molar-refractivity contribution >= 4 is 29.9 Å². The SMILES string of the molecule is Cc1cc(C(=O)N[C@@H](CCc2ccc(F)cc2)C(=O)N[C@@H](CC(C)C)C(=O)N[C@H](C=O)C[C@@H]2CCCNC2=O)no1. The van der Waals surface area contributed by atoms with E-state index in [1.54, 1.807) is 19.1 Å². The van der Waals surface area contributed by atoms with Gasteiger partial charge in [-0.1, -0.05) is 31.1 Å². The Morgan fingerprint density at radius 3 is 2.44 bits per heavy atom. The average molecular weight is 572 g/mol. The Hall–Kier alpha value is -4.09. The Kier molecular flexibility index (Phi) is 11.5. The van der Waals surface area contributed by atoms with Crippen LogP contribution in [0.15, 0.2) is 34.9 Å². The van der Waals surface area contributed by atoms with Crippen molar-refractivity contribution < 1.29 is 32.9 Å². The fraction of sp³-hybridized carbons (Fsp3) is 0.517. The minimum absolute atomic E-state index is 0.000805. The summed E-state index contributed by atoms with van der Waals surface area (Å²) in [6, 6.07) is 4.29. The van der Waals surface area contributed by atoms with Crippen LogP contribution in [-0.4, -0.2) is 59.7 Å². The summed E-state index contributed by atoms with van der Waals surface area (Å²) in [6.07, 6.45) is 2.95. The molecule has 1 aliphatic rings. The summed E-state index contributed by atoms with van der Waals surface area (Å²) < 4.78 is 18.3. The van der Waals surface area contributed by atoms with Crippen LogP contribution >= 0.6 is 0 Å². The van der Waals surface area contributed by atoms with Crippen LogP contribution in [0.1, 0.15) is 67.8 Å². The van der Waals surface area contributed by atoms with Gasteiger partial charge in [-0.15, -0.1) is 0 Å². The van der Waals surface area contributed by atoms with Gasteiger partial charge >= 0.3 is 0 Å². The van der Waals surface area contributed by atoms with Crippen LogP contribution in [0.2, 0.25) is 0 Å². The maximum atomic E-state index is 13.5. The fourth-order valence-corrected chi connectivity index (χ4v) is 4.71. The van der Waals surface area contributed by atoms with E-state index in [1.807, 2.05) is 13.8 Å². The van der Waals surface area contributed by atoms with E-state index in [2.05, 4.69) is 26.4 Å². The molecule has 41 heavy (non-hydrogen) atoms. The summed E-state index contributed by atoms with van der Waals surface area (Å²) in [6.45, 7) is 5.99. The number of carbonyl (C=O) groups is 5. The van der Waals surface area contributed by atoms with Gasteiger partial charge in [0.25, 0.3) is 5.91 Å². The van der Waals surface area contributed by atoms with Crippen molar-refractivity contribution in [3.8, 4) is 0 Å². The molecule has 1 fully saturated rings. The first-order chi connectivity index (χ1) is 19.5. The zero-order valence-electron chi connectivity index (χ0n) is 23.6. The number of hydrogen-bond acceptors (Lipinski definition) is 7. The largest absolute Gasteiger partial charge is 0.361 e. The first-order valence-corrected chi connectivity index (χ1v) is 13.9. The van der Waals surface area contributed by atoms with Crippen LogP contribution in [0.4, 0.5) is 4.39 Å². The molecule has 222 valence electrons. The Morgan fingerprint density at radius 2 is 1.83 bits per heavy atom. The summed E-state index contributed by atoms with van der Waals surface area (Å²) in [7, 11) is 0. The van der Waals surface area contributed by atoms with Gasteiger partial charge in [-0.2, -0.15) is 0 Å². The topological polar surface area (TPSA) is 160 Å². The molecule has 12 heteroatoms. The van der Waals surface area contributed by atoms with Crippen molar-refractivity contribution in [2.45, 2.75) is 77.4 Å². The first-order valence-electron chi connectivity index (χ1n) is 13.9. The van der Waals surface area contributed by atoms with E-state index in [9.17, 15) is 28.4 Å². The molecule has 4 amide bonds. The molecule has 0 unspecified atom stereocenters. The van der Waals surface area contributed by atoms with Gasteiger partial charge in [0.2, 0.25) is 17.7 Å². The second-order valence-corrected chi connectivity index (χ2v) is 10.8. The third kappa shape index (κ3) is 9.80. The summed E-state index contributed by atoms with van der Waals surface area (Å²) in [5.74, 6) is -2.28. The van der Waals surface area contributed by atoms with Crippen molar-refractivity contribution in [2.24, 2.45) is 11.8 Å². The minimum Gasteiger partial charge on any atom is -0.361 e. The highest BCUT2D eigenvalue weighted by atomic mass is 19.1. The summed E-state index contributed by atoms with van der Waals surface area (Å²) in [5, 5.41) is 14.5. The molecule has 2 aromatic rings. The lowest BCUT2D eigenvalue weighted by Gasteiger charge is -2.27. The van der Waals surface area contributed by atoms with Gasteiger partial charge < -0.3 is 30.6 Å². The van der Waals surface area contributed by atoms with Gasteiger partial charge in [0.05, 0.1) is 6.04 Å². The van der Waals surface area contributed by atoms with Gasteiger partial charge in [-0.25, -0.2) is 4.39 Å². The molecule has 3 rings (SSSR count). The molecule has 11 nitrogen and oxygen atoms in total. The van der Waals surface area contributed by atoms with E-state index >= 15 is 0 Å². The normalized spacial score (nSPS) is 17.2. The van der Waals surface area contributed by atoms with Crippen LogP contribution in [0.3, 0.4) is 0 Å². The number of amides is 4. The summed E-state index contributed by atoms with van der Waals surface area (Å²) in [5.41, 5.74) is 0.756. The molecule has 0 bridgehead atoms. The first kappa shape index (κ1) is 31.4. The van der Waals surface area contributed by atoms with Crippen LogP contribution in [-0.2, 0) is 25.6 Å².